The highest BCUT2D eigenvalue weighted by molar-refractivity contribution is 5.74. The summed E-state index contributed by atoms with van der Waals surface area (Å²) in [5.41, 5.74) is 1.38. The van der Waals surface area contributed by atoms with Crippen LogP contribution in [0.4, 0.5) is 0 Å². The highest BCUT2D eigenvalue weighted by atomic mass is 16.1. The van der Waals surface area contributed by atoms with Gasteiger partial charge in [-0.25, -0.2) is 4.68 Å². The molecular weight excluding hydrogens is 176 g/mol. The topological polar surface area (TPSA) is 34.9 Å². The first kappa shape index (κ1) is 10.2. The third-order valence-electron chi connectivity index (χ3n) is 1.67. The molecule has 0 bridgehead atoms. The van der Waals surface area contributed by atoms with Crippen LogP contribution in [0.5, 0.6) is 0 Å². The van der Waals surface area contributed by atoms with E-state index in [2.05, 4.69) is 11.7 Å². The minimum atomic E-state index is 0.554. The molecule has 0 aliphatic carbocycles. The summed E-state index contributed by atoms with van der Waals surface area (Å²) in [5, 5.41) is 4.02. The van der Waals surface area contributed by atoms with E-state index in [1.54, 1.807) is 17.0 Å². The Balaban J connectivity index is 3.00. The van der Waals surface area contributed by atoms with Gasteiger partial charge in [-0.2, -0.15) is 5.10 Å². The van der Waals surface area contributed by atoms with Gasteiger partial charge in [0.1, 0.15) is 0 Å². The molecule has 0 aliphatic heterocycles. The lowest BCUT2D eigenvalue weighted by Crippen LogP contribution is -1.93. The van der Waals surface area contributed by atoms with Gasteiger partial charge in [0, 0.05) is 6.20 Å². The number of carbonyl (C=O) groups excluding carboxylic acids is 1. The first-order chi connectivity index (χ1) is 6.81. The second-order valence-electron chi connectivity index (χ2n) is 2.66. The predicted octanol–water partition coefficient (Wildman–Crippen LogP) is 2.30. The minimum absolute atomic E-state index is 0.554. The molecule has 1 aromatic heterocycles. The lowest BCUT2D eigenvalue weighted by molar-refractivity contribution is 0.112. The summed E-state index contributed by atoms with van der Waals surface area (Å²) >= 11 is 0. The van der Waals surface area contributed by atoms with Gasteiger partial charge in [-0.3, -0.25) is 4.79 Å². The summed E-state index contributed by atoms with van der Waals surface area (Å²) in [6, 6.07) is 0. The molecule has 0 fully saturated rings. The standard InChI is InChI=1S/C11H12N2O/c1-3-5-6-11(4-2)13-8-10(9-14)7-12-13/h3-9H,2H2,1H3/b5-3-,11-6+. The molecule has 0 N–H and O–H groups in total. The molecule has 1 aromatic rings. The first-order valence-corrected chi connectivity index (χ1v) is 4.27. The normalized spacial score (nSPS) is 11.9. The van der Waals surface area contributed by atoms with Crippen LogP contribution in [0.25, 0.3) is 5.70 Å². The Morgan fingerprint density at radius 1 is 1.64 bits per heavy atom. The fraction of sp³-hybridized carbons (Fsp3) is 0.0909. The van der Waals surface area contributed by atoms with Crippen LogP contribution in [0.15, 0.2) is 43.3 Å². The number of rotatable bonds is 4. The average Bonchev–Trinajstić information content (AvgIpc) is 2.68. The van der Waals surface area contributed by atoms with E-state index in [0.29, 0.717) is 5.56 Å². The number of hydrogen-bond acceptors (Lipinski definition) is 2. The summed E-state index contributed by atoms with van der Waals surface area (Å²) in [6.45, 7) is 5.60. The van der Waals surface area contributed by atoms with Crippen molar-refractivity contribution in [2.75, 3.05) is 0 Å². The van der Waals surface area contributed by atoms with Crippen molar-refractivity contribution in [1.82, 2.24) is 9.78 Å². The van der Waals surface area contributed by atoms with Crippen molar-refractivity contribution in [3.05, 3.63) is 48.8 Å². The van der Waals surface area contributed by atoms with Crippen molar-refractivity contribution >= 4 is 12.0 Å². The van der Waals surface area contributed by atoms with Crippen LogP contribution in [0.2, 0.25) is 0 Å². The largest absolute Gasteiger partial charge is 0.298 e. The van der Waals surface area contributed by atoms with Crippen LogP contribution in [-0.2, 0) is 0 Å². The van der Waals surface area contributed by atoms with Gasteiger partial charge in [-0.15, -0.1) is 0 Å². The monoisotopic (exact) mass is 188 g/mol. The minimum Gasteiger partial charge on any atom is -0.298 e. The summed E-state index contributed by atoms with van der Waals surface area (Å²) < 4.78 is 1.61. The van der Waals surface area contributed by atoms with Crippen LogP contribution in [-0.4, -0.2) is 16.1 Å². The number of allylic oxidation sites excluding steroid dienone is 5. The number of nitrogens with zero attached hydrogens (tertiary/aromatic N) is 2. The SMILES string of the molecule is C=C/C(=C\C=C/C)n1cc(C=O)cn1. The third kappa shape index (κ3) is 2.29. The van der Waals surface area contributed by atoms with Crippen molar-refractivity contribution in [2.45, 2.75) is 6.92 Å². The van der Waals surface area contributed by atoms with E-state index in [4.69, 9.17) is 0 Å². The van der Waals surface area contributed by atoms with Crippen molar-refractivity contribution in [3.8, 4) is 0 Å². The van der Waals surface area contributed by atoms with E-state index < -0.39 is 0 Å². The third-order valence-corrected chi connectivity index (χ3v) is 1.67. The lowest BCUT2D eigenvalue weighted by Gasteiger charge is -1.98. The smallest absolute Gasteiger partial charge is 0.153 e. The highest BCUT2D eigenvalue weighted by Crippen LogP contribution is 2.05. The van der Waals surface area contributed by atoms with Crippen LogP contribution >= 0.6 is 0 Å². The fourth-order valence-electron chi connectivity index (χ4n) is 0.972. The van der Waals surface area contributed by atoms with Crippen LogP contribution in [0.3, 0.4) is 0 Å². The molecule has 14 heavy (non-hydrogen) atoms. The van der Waals surface area contributed by atoms with Crippen molar-refractivity contribution in [2.24, 2.45) is 0 Å². The Labute approximate surface area is 83.1 Å². The van der Waals surface area contributed by atoms with Gasteiger partial charge < -0.3 is 0 Å². The molecule has 0 amide bonds. The van der Waals surface area contributed by atoms with Gasteiger partial charge >= 0.3 is 0 Å². The first-order valence-electron chi connectivity index (χ1n) is 4.27. The zero-order valence-corrected chi connectivity index (χ0v) is 8.05. The van der Waals surface area contributed by atoms with E-state index in [1.807, 2.05) is 25.2 Å². The van der Waals surface area contributed by atoms with E-state index in [1.165, 1.54) is 6.20 Å². The maximum Gasteiger partial charge on any atom is 0.153 e. The molecule has 0 aliphatic rings. The molecule has 0 unspecified atom stereocenters. The lowest BCUT2D eigenvalue weighted by atomic mass is 10.3. The van der Waals surface area contributed by atoms with Crippen molar-refractivity contribution in [3.63, 3.8) is 0 Å². The Bertz CT molecular complexity index is 386. The Hall–Kier alpha value is -1.90. The van der Waals surface area contributed by atoms with E-state index in [-0.39, 0.29) is 0 Å². The van der Waals surface area contributed by atoms with Crippen LogP contribution < -0.4 is 0 Å². The van der Waals surface area contributed by atoms with Gasteiger partial charge in [-0.05, 0) is 19.1 Å². The Morgan fingerprint density at radius 3 is 2.93 bits per heavy atom. The molecular formula is C11H12N2O. The molecule has 0 atom stereocenters. The molecule has 1 rings (SSSR count). The summed E-state index contributed by atoms with van der Waals surface area (Å²) in [7, 11) is 0. The second-order valence-corrected chi connectivity index (χ2v) is 2.66. The Kier molecular flexibility index (Phi) is 3.61. The molecule has 3 nitrogen and oxygen atoms in total. The zero-order valence-electron chi connectivity index (χ0n) is 8.05. The molecule has 0 radical (unpaired) electrons. The number of hydrogen-bond donors (Lipinski definition) is 0. The van der Waals surface area contributed by atoms with Gasteiger partial charge in [0.15, 0.2) is 6.29 Å². The maximum absolute atomic E-state index is 10.4. The van der Waals surface area contributed by atoms with E-state index >= 15 is 0 Å². The second kappa shape index (κ2) is 4.97. The molecule has 0 saturated carbocycles. The van der Waals surface area contributed by atoms with Gasteiger partial charge in [0.2, 0.25) is 0 Å². The van der Waals surface area contributed by atoms with E-state index in [9.17, 15) is 4.79 Å². The molecule has 0 spiro atoms. The molecule has 72 valence electrons. The molecule has 0 saturated heterocycles. The van der Waals surface area contributed by atoms with Gasteiger partial charge in [-0.1, -0.05) is 18.7 Å². The number of aldehydes is 1. The Morgan fingerprint density at radius 2 is 2.43 bits per heavy atom. The van der Waals surface area contributed by atoms with Gasteiger partial charge in [0.25, 0.3) is 0 Å². The van der Waals surface area contributed by atoms with Crippen LogP contribution in [0, 0.1) is 0 Å². The number of carbonyl (C=O) groups is 1. The summed E-state index contributed by atoms with van der Waals surface area (Å²) in [6.07, 6.45) is 11.3. The summed E-state index contributed by atoms with van der Waals surface area (Å²) in [4.78, 5) is 10.4. The number of aromatic nitrogens is 2. The molecule has 3 heteroatoms. The zero-order chi connectivity index (χ0) is 10.4. The molecule has 1 heterocycles. The van der Waals surface area contributed by atoms with Crippen molar-refractivity contribution < 1.29 is 4.79 Å². The highest BCUT2D eigenvalue weighted by Gasteiger charge is 1.98. The summed E-state index contributed by atoms with van der Waals surface area (Å²) in [5.74, 6) is 0. The quantitative estimate of drug-likeness (QED) is 0.536. The van der Waals surface area contributed by atoms with Crippen LogP contribution in [0.1, 0.15) is 17.3 Å². The molecule has 0 aromatic carbocycles. The fourth-order valence-corrected chi connectivity index (χ4v) is 0.972. The van der Waals surface area contributed by atoms with E-state index in [0.717, 1.165) is 12.0 Å². The van der Waals surface area contributed by atoms with Gasteiger partial charge in [0.05, 0.1) is 17.5 Å². The van der Waals surface area contributed by atoms with Crippen molar-refractivity contribution in [1.29, 1.82) is 0 Å². The maximum atomic E-state index is 10.4. The predicted molar refractivity (Wildman–Crippen MR) is 56.9 cm³/mol. The average molecular weight is 188 g/mol.